The van der Waals surface area contributed by atoms with Crippen LogP contribution in [0, 0.1) is 0 Å². The molecule has 0 radical (unpaired) electrons. The normalized spacial score (nSPS) is 24.5. The Hall–Kier alpha value is -0.170. The van der Waals surface area contributed by atoms with Crippen molar-refractivity contribution in [3.8, 4) is 0 Å². The fourth-order valence-corrected chi connectivity index (χ4v) is 3.47. The lowest BCUT2D eigenvalue weighted by Gasteiger charge is -2.22. The number of thioether (sulfide) groups is 1. The van der Waals surface area contributed by atoms with Crippen LogP contribution >= 0.6 is 11.8 Å². The van der Waals surface area contributed by atoms with Crippen LogP contribution in [0.3, 0.4) is 0 Å². The predicted octanol–water partition coefficient (Wildman–Crippen LogP) is 4.29. The van der Waals surface area contributed by atoms with E-state index in [1.807, 2.05) is 0 Å². The van der Waals surface area contributed by atoms with Gasteiger partial charge in [0.05, 0.1) is 0 Å². The number of hydrogen-bond acceptors (Lipinski definition) is 1. The van der Waals surface area contributed by atoms with E-state index in [9.17, 15) is 0 Å². The van der Waals surface area contributed by atoms with E-state index in [-0.39, 0.29) is 0 Å². The third kappa shape index (κ3) is 2.91. The van der Waals surface area contributed by atoms with Crippen molar-refractivity contribution in [1.82, 2.24) is 0 Å². The molecule has 1 saturated carbocycles. The van der Waals surface area contributed by atoms with Crippen LogP contribution in [0.2, 0.25) is 0 Å². The molecule has 0 nitrogen and oxygen atoms in total. The zero-order valence-electron chi connectivity index (χ0n) is 8.17. The van der Waals surface area contributed by atoms with Crippen molar-refractivity contribution in [2.45, 2.75) is 50.2 Å². The van der Waals surface area contributed by atoms with E-state index in [0.717, 1.165) is 5.25 Å². The van der Waals surface area contributed by atoms with Crippen LogP contribution < -0.4 is 0 Å². The zero-order chi connectivity index (χ0) is 8.93. The van der Waals surface area contributed by atoms with E-state index < -0.39 is 0 Å². The molecule has 2 rings (SSSR count). The highest BCUT2D eigenvalue weighted by Gasteiger charge is 2.15. The molecule has 0 unspecified atom stereocenters. The van der Waals surface area contributed by atoms with E-state index in [1.165, 1.54) is 44.9 Å². The van der Waals surface area contributed by atoms with Gasteiger partial charge in [0.2, 0.25) is 0 Å². The molecule has 1 fully saturated rings. The molecule has 0 saturated heterocycles. The van der Waals surface area contributed by atoms with Crippen molar-refractivity contribution in [3.05, 3.63) is 23.1 Å². The first-order chi connectivity index (χ1) is 6.45. The van der Waals surface area contributed by atoms with Crippen LogP contribution in [-0.4, -0.2) is 5.25 Å². The van der Waals surface area contributed by atoms with Crippen molar-refractivity contribution in [3.63, 3.8) is 0 Å². The average molecular weight is 194 g/mol. The minimum atomic E-state index is 0.937. The van der Waals surface area contributed by atoms with Crippen LogP contribution in [0.25, 0.3) is 0 Å². The molecule has 2 aliphatic carbocycles. The van der Waals surface area contributed by atoms with Crippen molar-refractivity contribution >= 4 is 11.8 Å². The van der Waals surface area contributed by atoms with Crippen molar-refractivity contribution in [2.75, 3.05) is 0 Å². The molecule has 0 aromatic carbocycles. The van der Waals surface area contributed by atoms with Crippen molar-refractivity contribution in [1.29, 1.82) is 0 Å². The van der Waals surface area contributed by atoms with Crippen LogP contribution in [0.5, 0.6) is 0 Å². The largest absolute Gasteiger partial charge is 0.127 e. The van der Waals surface area contributed by atoms with Gasteiger partial charge in [-0.25, -0.2) is 0 Å². The Labute approximate surface area is 85.5 Å². The lowest BCUT2D eigenvalue weighted by Crippen LogP contribution is -2.08. The Balaban J connectivity index is 1.82. The first kappa shape index (κ1) is 9.39. The molecule has 0 heterocycles. The molecule has 0 aromatic heterocycles. The third-order valence-electron chi connectivity index (χ3n) is 2.85. The quantitative estimate of drug-likeness (QED) is 0.632. The molecule has 0 bridgehead atoms. The third-order valence-corrected chi connectivity index (χ3v) is 4.29. The molecule has 0 N–H and O–H groups in total. The summed E-state index contributed by atoms with van der Waals surface area (Å²) in [6.07, 6.45) is 16.6. The molecule has 0 atom stereocenters. The smallest absolute Gasteiger partial charge is 0.00911 e. The fraction of sp³-hybridized carbons (Fsp3) is 0.667. The Morgan fingerprint density at radius 3 is 2.69 bits per heavy atom. The summed E-state index contributed by atoms with van der Waals surface area (Å²) in [6.45, 7) is 0. The maximum absolute atomic E-state index is 2.31. The SMILES string of the molecule is C1=CCCC(SC2CCCCC2)=C1. The molecule has 0 amide bonds. The predicted molar refractivity (Wildman–Crippen MR) is 60.9 cm³/mol. The minimum Gasteiger partial charge on any atom is -0.127 e. The maximum Gasteiger partial charge on any atom is 0.00911 e. The van der Waals surface area contributed by atoms with Gasteiger partial charge in [-0.1, -0.05) is 37.5 Å². The number of rotatable bonds is 2. The monoisotopic (exact) mass is 194 g/mol. The highest BCUT2D eigenvalue weighted by atomic mass is 32.2. The standard InChI is InChI=1S/C12H18S/c1-3-7-11(8-4-1)13-12-9-5-2-6-10-12/h1,3,7,12H,2,4-6,8-10H2. The lowest BCUT2D eigenvalue weighted by atomic mass is 10.0. The Morgan fingerprint density at radius 2 is 2.00 bits per heavy atom. The van der Waals surface area contributed by atoms with Gasteiger partial charge < -0.3 is 0 Å². The Kier molecular flexibility index (Phi) is 3.54. The summed E-state index contributed by atoms with van der Waals surface area (Å²) in [5.74, 6) is 0. The van der Waals surface area contributed by atoms with E-state index >= 15 is 0 Å². The first-order valence-corrected chi connectivity index (χ1v) is 6.35. The van der Waals surface area contributed by atoms with Gasteiger partial charge in [0, 0.05) is 5.25 Å². The van der Waals surface area contributed by atoms with Crippen LogP contribution in [0.4, 0.5) is 0 Å². The van der Waals surface area contributed by atoms with Gasteiger partial charge >= 0.3 is 0 Å². The molecular formula is C12H18S. The molecule has 13 heavy (non-hydrogen) atoms. The second kappa shape index (κ2) is 4.90. The summed E-state index contributed by atoms with van der Waals surface area (Å²) in [7, 11) is 0. The molecule has 0 aromatic rings. The Morgan fingerprint density at radius 1 is 1.15 bits per heavy atom. The highest BCUT2D eigenvalue weighted by molar-refractivity contribution is 8.03. The van der Waals surface area contributed by atoms with Gasteiger partial charge in [0.15, 0.2) is 0 Å². The van der Waals surface area contributed by atoms with Crippen molar-refractivity contribution in [2.24, 2.45) is 0 Å². The van der Waals surface area contributed by atoms with Crippen LogP contribution in [0.15, 0.2) is 23.1 Å². The molecule has 1 heteroatoms. The lowest BCUT2D eigenvalue weighted by molar-refractivity contribution is 0.516. The summed E-state index contributed by atoms with van der Waals surface area (Å²) >= 11 is 2.15. The maximum atomic E-state index is 2.31. The van der Waals surface area contributed by atoms with Crippen LogP contribution in [-0.2, 0) is 0 Å². The summed E-state index contributed by atoms with van der Waals surface area (Å²) in [5, 5.41) is 0.937. The second-order valence-electron chi connectivity index (χ2n) is 3.98. The highest BCUT2D eigenvalue weighted by Crippen LogP contribution is 2.35. The van der Waals surface area contributed by atoms with Gasteiger partial charge in [-0.05, 0) is 30.6 Å². The van der Waals surface area contributed by atoms with E-state index in [0.29, 0.717) is 0 Å². The molecule has 0 spiro atoms. The summed E-state index contributed by atoms with van der Waals surface area (Å²) in [5.41, 5.74) is 0. The summed E-state index contributed by atoms with van der Waals surface area (Å²) in [6, 6.07) is 0. The molecular weight excluding hydrogens is 176 g/mol. The Bertz CT molecular complexity index is 209. The van der Waals surface area contributed by atoms with Gasteiger partial charge in [0.1, 0.15) is 0 Å². The van der Waals surface area contributed by atoms with Gasteiger partial charge in [-0.3, -0.25) is 0 Å². The minimum absolute atomic E-state index is 0.937. The second-order valence-corrected chi connectivity index (χ2v) is 5.40. The first-order valence-electron chi connectivity index (χ1n) is 5.47. The zero-order valence-corrected chi connectivity index (χ0v) is 8.98. The van der Waals surface area contributed by atoms with E-state index in [4.69, 9.17) is 0 Å². The van der Waals surface area contributed by atoms with Gasteiger partial charge in [-0.2, -0.15) is 0 Å². The number of allylic oxidation sites excluding steroid dienone is 4. The summed E-state index contributed by atoms with van der Waals surface area (Å²) in [4.78, 5) is 1.62. The van der Waals surface area contributed by atoms with Crippen LogP contribution in [0.1, 0.15) is 44.9 Å². The summed E-state index contributed by atoms with van der Waals surface area (Å²) < 4.78 is 0. The van der Waals surface area contributed by atoms with Gasteiger partial charge in [0.25, 0.3) is 0 Å². The van der Waals surface area contributed by atoms with E-state index in [2.05, 4.69) is 30.0 Å². The molecule has 0 aliphatic heterocycles. The topological polar surface area (TPSA) is 0 Å². The van der Waals surface area contributed by atoms with Crippen molar-refractivity contribution < 1.29 is 0 Å². The molecule has 2 aliphatic rings. The van der Waals surface area contributed by atoms with Gasteiger partial charge in [-0.15, -0.1) is 11.8 Å². The molecule has 72 valence electrons. The van der Waals surface area contributed by atoms with E-state index in [1.54, 1.807) is 4.91 Å². The number of hydrogen-bond donors (Lipinski definition) is 0. The average Bonchev–Trinajstić information content (AvgIpc) is 2.21. The fourth-order valence-electron chi connectivity index (χ4n) is 2.08.